The van der Waals surface area contributed by atoms with Gasteiger partial charge in [0, 0.05) is 23.2 Å². The standard InChI is InChI=1S/C19H18Cl2N4/c1-2-16-24-18-17(14-8-7-13(20)10-15(14)21)22-11-23-19(18)25(16)9-3-4-12-5-6-12/h3,7-12H,2,4-6H2,1H3. The van der Waals surface area contributed by atoms with E-state index in [0.29, 0.717) is 10.0 Å². The fourth-order valence-electron chi connectivity index (χ4n) is 2.95. The van der Waals surface area contributed by atoms with Crippen LogP contribution in [0.3, 0.4) is 0 Å². The van der Waals surface area contributed by atoms with Gasteiger partial charge in [-0.2, -0.15) is 0 Å². The number of aryl methyl sites for hydroxylation is 1. The summed E-state index contributed by atoms with van der Waals surface area (Å²) in [6.45, 7) is 2.09. The van der Waals surface area contributed by atoms with E-state index in [9.17, 15) is 0 Å². The van der Waals surface area contributed by atoms with Crippen molar-refractivity contribution in [1.29, 1.82) is 0 Å². The molecule has 0 aliphatic heterocycles. The molecule has 25 heavy (non-hydrogen) atoms. The minimum absolute atomic E-state index is 0.560. The second-order valence-corrected chi connectivity index (χ2v) is 7.18. The molecule has 4 nitrogen and oxygen atoms in total. The summed E-state index contributed by atoms with van der Waals surface area (Å²) in [5.74, 6) is 1.82. The summed E-state index contributed by atoms with van der Waals surface area (Å²) in [5, 5.41) is 1.16. The number of imidazole rings is 1. The zero-order chi connectivity index (χ0) is 17.4. The summed E-state index contributed by atoms with van der Waals surface area (Å²) in [4.78, 5) is 13.7. The predicted octanol–water partition coefficient (Wildman–Crippen LogP) is 5.63. The number of hydrogen-bond donors (Lipinski definition) is 0. The number of nitrogens with zero attached hydrogens (tertiary/aromatic N) is 4. The van der Waals surface area contributed by atoms with Crippen LogP contribution in [0.25, 0.3) is 28.6 Å². The van der Waals surface area contributed by atoms with Crippen molar-refractivity contribution in [3.63, 3.8) is 0 Å². The molecule has 1 saturated carbocycles. The monoisotopic (exact) mass is 372 g/mol. The summed E-state index contributed by atoms with van der Waals surface area (Å²) in [6.07, 6.45) is 10.5. The van der Waals surface area contributed by atoms with Gasteiger partial charge in [0.05, 0.1) is 5.02 Å². The molecule has 3 aromatic rings. The molecule has 4 rings (SSSR count). The van der Waals surface area contributed by atoms with Gasteiger partial charge in [-0.05, 0) is 43.4 Å². The molecule has 128 valence electrons. The van der Waals surface area contributed by atoms with E-state index in [2.05, 4.69) is 33.7 Å². The highest BCUT2D eigenvalue weighted by molar-refractivity contribution is 6.36. The van der Waals surface area contributed by atoms with Crippen LogP contribution in [0.2, 0.25) is 10.0 Å². The molecule has 0 bridgehead atoms. The van der Waals surface area contributed by atoms with E-state index in [0.717, 1.165) is 47.0 Å². The van der Waals surface area contributed by atoms with Gasteiger partial charge in [-0.25, -0.2) is 15.0 Å². The van der Waals surface area contributed by atoms with Crippen LogP contribution in [0.5, 0.6) is 0 Å². The number of hydrogen-bond acceptors (Lipinski definition) is 3. The second-order valence-electron chi connectivity index (χ2n) is 6.33. The van der Waals surface area contributed by atoms with Crippen LogP contribution in [0.15, 0.2) is 30.6 Å². The molecule has 1 aliphatic rings. The van der Waals surface area contributed by atoms with Crippen molar-refractivity contribution in [1.82, 2.24) is 19.5 Å². The summed E-state index contributed by atoms with van der Waals surface area (Å²) in [5.41, 5.74) is 3.11. The molecule has 1 aliphatic carbocycles. The maximum Gasteiger partial charge on any atom is 0.168 e. The van der Waals surface area contributed by atoms with E-state index in [1.165, 1.54) is 12.8 Å². The highest BCUT2D eigenvalue weighted by Gasteiger charge is 2.20. The minimum atomic E-state index is 0.560. The second kappa shape index (κ2) is 6.77. The van der Waals surface area contributed by atoms with Gasteiger partial charge in [-0.15, -0.1) is 0 Å². The van der Waals surface area contributed by atoms with Crippen molar-refractivity contribution < 1.29 is 0 Å². The Labute approximate surface area is 156 Å². The largest absolute Gasteiger partial charge is 0.288 e. The SMILES string of the molecule is CCc1nc2c(-c3ccc(Cl)cc3Cl)ncnc2n1C=CCC1CC1. The Morgan fingerprint density at radius 2 is 2.08 bits per heavy atom. The average Bonchev–Trinajstić information content (AvgIpc) is 3.35. The minimum Gasteiger partial charge on any atom is -0.288 e. The summed E-state index contributed by atoms with van der Waals surface area (Å²) in [7, 11) is 0. The predicted molar refractivity (Wildman–Crippen MR) is 103 cm³/mol. The maximum absolute atomic E-state index is 6.38. The van der Waals surface area contributed by atoms with Crippen LogP contribution in [-0.2, 0) is 6.42 Å². The lowest BCUT2D eigenvalue weighted by atomic mass is 10.1. The van der Waals surface area contributed by atoms with Gasteiger partial charge in [0.1, 0.15) is 23.4 Å². The van der Waals surface area contributed by atoms with Crippen LogP contribution in [0.4, 0.5) is 0 Å². The molecular weight excluding hydrogens is 355 g/mol. The van der Waals surface area contributed by atoms with Crippen molar-refractivity contribution in [2.24, 2.45) is 5.92 Å². The third kappa shape index (κ3) is 3.29. The first kappa shape index (κ1) is 16.6. The molecule has 0 spiro atoms. The maximum atomic E-state index is 6.38. The lowest BCUT2D eigenvalue weighted by molar-refractivity contribution is 0.858. The third-order valence-corrected chi connectivity index (χ3v) is 5.02. The number of halogens is 2. The van der Waals surface area contributed by atoms with E-state index >= 15 is 0 Å². The highest BCUT2D eigenvalue weighted by atomic mass is 35.5. The van der Waals surface area contributed by atoms with Crippen LogP contribution in [0.1, 0.15) is 32.0 Å². The lowest BCUT2D eigenvalue weighted by Gasteiger charge is -2.05. The van der Waals surface area contributed by atoms with Crippen molar-refractivity contribution in [2.45, 2.75) is 32.6 Å². The Kier molecular flexibility index (Phi) is 4.48. The van der Waals surface area contributed by atoms with Crippen LogP contribution in [-0.4, -0.2) is 19.5 Å². The Balaban J connectivity index is 1.83. The van der Waals surface area contributed by atoms with E-state index in [1.807, 2.05) is 12.1 Å². The van der Waals surface area contributed by atoms with Gasteiger partial charge in [0.25, 0.3) is 0 Å². The summed E-state index contributed by atoms with van der Waals surface area (Å²) in [6, 6.07) is 5.41. The van der Waals surface area contributed by atoms with Crippen molar-refractivity contribution in [3.8, 4) is 11.3 Å². The molecule has 2 heterocycles. The van der Waals surface area contributed by atoms with E-state index in [1.54, 1.807) is 12.4 Å². The topological polar surface area (TPSA) is 43.6 Å². The number of aromatic nitrogens is 4. The molecule has 6 heteroatoms. The fourth-order valence-corrected chi connectivity index (χ4v) is 3.45. The Hall–Kier alpha value is -1.91. The molecule has 1 aromatic carbocycles. The number of fused-ring (bicyclic) bond motifs is 1. The van der Waals surface area contributed by atoms with Gasteiger partial charge < -0.3 is 0 Å². The van der Waals surface area contributed by atoms with Gasteiger partial charge in [0.15, 0.2) is 5.65 Å². The first-order chi connectivity index (χ1) is 12.2. The van der Waals surface area contributed by atoms with Gasteiger partial charge in [0.2, 0.25) is 0 Å². The summed E-state index contributed by atoms with van der Waals surface area (Å²) < 4.78 is 2.06. The van der Waals surface area contributed by atoms with E-state index in [4.69, 9.17) is 28.2 Å². The fraction of sp³-hybridized carbons (Fsp3) is 0.316. The lowest BCUT2D eigenvalue weighted by Crippen LogP contribution is -1.96. The van der Waals surface area contributed by atoms with E-state index in [-0.39, 0.29) is 0 Å². The third-order valence-electron chi connectivity index (χ3n) is 4.47. The quantitative estimate of drug-likeness (QED) is 0.582. The van der Waals surface area contributed by atoms with Crippen molar-refractivity contribution in [2.75, 3.05) is 0 Å². The number of allylic oxidation sites excluding steroid dienone is 1. The molecule has 0 saturated heterocycles. The van der Waals surface area contributed by atoms with E-state index < -0.39 is 0 Å². The zero-order valence-electron chi connectivity index (χ0n) is 13.9. The molecule has 1 fully saturated rings. The van der Waals surface area contributed by atoms with Gasteiger partial charge >= 0.3 is 0 Å². The highest BCUT2D eigenvalue weighted by Crippen LogP contribution is 2.34. The van der Waals surface area contributed by atoms with Crippen molar-refractivity contribution in [3.05, 3.63) is 46.5 Å². The molecular formula is C19H18Cl2N4. The molecule has 0 amide bonds. The first-order valence-electron chi connectivity index (χ1n) is 8.51. The average molecular weight is 373 g/mol. The Bertz CT molecular complexity index is 957. The van der Waals surface area contributed by atoms with Crippen LogP contribution >= 0.6 is 23.2 Å². The smallest absolute Gasteiger partial charge is 0.168 e. The normalized spacial score (nSPS) is 14.7. The first-order valence-corrected chi connectivity index (χ1v) is 9.27. The Morgan fingerprint density at radius 1 is 1.24 bits per heavy atom. The van der Waals surface area contributed by atoms with Gasteiger partial charge in [-0.1, -0.05) is 36.2 Å². The molecule has 0 atom stereocenters. The molecule has 0 N–H and O–H groups in total. The summed E-state index contributed by atoms with van der Waals surface area (Å²) >= 11 is 12.4. The molecule has 0 unspecified atom stereocenters. The van der Waals surface area contributed by atoms with Crippen molar-refractivity contribution >= 4 is 40.6 Å². The molecule has 2 aromatic heterocycles. The van der Waals surface area contributed by atoms with Gasteiger partial charge in [-0.3, -0.25) is 4.57 Å². The zero-order valence-corrected chi connectivity index (χ0v) is 15.4. The van der Waals surface area contributed by atoms with Crippen LogP contribution in [0, 0.1) is 5.92 Å². The molecule has 0 radical (unpaired) electrons. The Morgan fingerprint density at radius 3 is 2.80 bits per heavy atom. The number of rotatable bonds is 5. The number of benzene rings is 1. The van der Waals surface area contributed by atoms with Crippen LogP contribution < -0.4 is 0 Å².